The molecule has 0 aliphatic carbocycles. The predicted octanol–water partition coefficient (Wildman–Crippen LogP) is 5.47. The Kier molecular flexibility index (Phi) is 6.33. The minimum absolute atomic E-state index is 0.0340. The van der Waals surface area contributed by atoms with Crippen LogP contribution in [0.15, 0.2) is 59.6 Å². The maximum Gasteiger partial charge on any atom is 0.264 e. The first-order valence-corrected chi connectivity index (χ1v) is 10.8. The zero-order valence-corrected chi connectivity index (χ0v) is 18.0. The lowest BCUT2D eigenvalue weighted by Crippen LogP contribution is -2.15. The second-order valence-electron chi connectivity index (χ2n) is 5.99. The summed E-state index contributed by atoms with van der Waals surface area (Å²) in [6.45, 7) is 1.34. The number of benzene rings is 2. The van der Waals surface area contributed by atoms with Gasteiger partial charge in [0.2, 0.25) is 5.91 Å². The maximum atomic E-state index is 12.6. The Morgan fingerprint density at radius 1 is 0.966 bits per heavy atom. The van der Waals surface area contributed by atoms with Crippen LogP contribution in [-0.2, 0) is 14.8 Å². The first kappa shape index (κ1) is 21.4. The fraction of sp³-hybridized carbons (Fsp3) is 0.0526. The number of nitrogens with zero attached hydrogens (tertiary/aromatic N) is 1. The fourth-order valence-electron chi connectivity index (χ4n) is 2.53. The second kappa shape index (κ2) is 8.59. The third-order valence-corrected chi connectivity index (χ3v) is 6.17. The van der Waals surface area contributed by atoms with Gasteiger partial charge in [-0.25, -0.2) is 13.4 Å². The molecule has 0 unspecified atom stereocenters. The van der Waals surface area contributed by atoms with Crippen LogP contribution in [-0.4, -0.2) is 19.3 Å². The van der Waals surface area contributed by atoms with Crippen molar-refractivity contribution in [1.82, 2.24) is 4.98 Å². The van der Waals surface area contributed by atoms with Crippen molar-refractivity contribution in [1.29, 1.82) is 0 Å². The molecular weight excluding hydrogens is 457 g/mol. The van der Waals surface area contributed by atoms with Gasteiger partial charge < -0.3 is 5.32 Å². The topological polar surface area (TPSA) is 88.2 Å². The van der Waals surface area contributed by atoms with E-state index in [1.165, 1.54) is 37.4 Å². The molecule has 0 fully saturated rings. The predicted molar refractivity (Wildman–Crippen MR) is 116 cm³/mol. The van der Waals surface area contributed by atoms with Crippen LogP contribution in [0.3, 0.4) is 0 Å². The number of rotatable bonds is 5. The number of nitrogens with one attached hydrogen (secondary N) is 2. The van der Waals surface area contributed by atoms with Crippen LogP contribution in [0.1, 0.15) is 6.92 Å². The van der Waals surface area contributed by atoms with Crippen molar-refractivity contribution < 1.29 is 13.2 Å². The van der Waals surface area contributed by atoms with Gasteiger partial charge in [0.05, 0.1) is 5.02 Å². The van der Waals surface area contributed by atoms with Gasteiger partial charge >= 0.3 is 0 Å². The molecule has 0 aliphatic heterocycles. The Morgan fingerprint density at radius 2 is 1.72 bits per heavy atom. The van der Waals surface area contributed by atoms with Crippen molar-refractivity contribution in [3.63, 3.8) is 0 Å². The Bertz CT molecular complexity index is 1180. The highest BCUT2D eigenvalue weighted by atomic mass is 35.5. The van der Waals surface area contributed by atoms with Gasteiger partial charge in [-0.15, -0.1) is 0 Å². The number of anilines is 2. The van der Waals surface area contributed by atoms with E-state index >= 15 is 0 Å². The summed E-state index contributed by atoms with van der Waals surface area (Å²) in [6, 6.07) is 12.4. The fourth-order valence-corrected chi connectivity index (χ4v) is 4.60. The highest BCUT2D eigenvalue weighted by molar-refractivity contribution is 7.92. The molecule has 0 spiro atoms. The minimum Gasteiger partial charge on any atom is -0.326 e. The Labute approximate surface area is 182 Å². The number of carbonyl (C=O) groups excluding carboxylic acids is 1. The van der Waals surface area contributed by atoms with Gasteiger partial charge in [0.15, 0.2) is 0 Å². The average Bonchev–Trinajstić information content (AvgIpc) is 2.61. The largest absolute Gasteiger partial charge is 0.326 e. The summed E-state index contributed by atoms with van der Waals surface area (Å²) < 4.78 is 27.7. The van der Waals surface area contributed by atoms with E-state index in [2.05, 4.69) is 15.0 Å². The van der Waals surface area contributed by atoms with E-state index < -0.39 is 10.0 Å². The summed E-state index contributed by atoms with van der Waals surface area (Å²) in [4.78, 5) is 15.1. The van der Waals surface area contributed by atoms with E-state index in [4.69, 9.17) is 34.8 Å². The maximum absolute atomic E-state index is 12.6. The minimum atomic E-state index is -3.98. The molecule has 2 N–H and O–H groups in total. The van der Waals surface area contributed by atoms with Crippen LogP contribution in [0.5, 0.6) is 0 Å². The quantitative estimate of drug-likeness (QED) is 0.517. The van der Waals surface area contributed by atoms with Crippen molar-refractivity contribution in [2.75, 3.05) is 10.0 Å². The lowest BCUT2D eigenvalue weighted by Gasteiger charge is -2.11. The summed E-state index contributed by atoms with van der Waals surface area (Å²) in [5, 5.41) is 3.47. The average molecular weight is 471 g/mol. The molecule has 10 heteroatoms. The number of halogens is 3. The van der Waals surface area contributed by atoms with E-state index in [9.17, 15) is 13.2 Å². The smallest absolute Gasteiger partial charge is 0.264 e. The summed E-state index contributed by atoms with van der Waals surface area (Å²) in [5.41, 5.74) is 1.81. The van der Waals surface area contributed by atoms with Crippen LogP contribution in [0, 0.1) is 0 Å². The number of hydrogen-bond acceptors (Lipinski definition) is 4. The molecule has 3 rings (SSSR count). The lowest BCUT2D eigenvalue weighted by atomic mass is 10.1. The standard InChI is InChI=1S/C19H14Cl3N3O3S/c1-11(26)24-14-4-6-18(17(22)9-14)29(27,28)25-19-7-2-12(10-23-19)15-5-3-13(20)8-16(15)21/h2-10H,1H3,(H,23,25)(H,24,26). The van der Waals surface area contributed by atoms with Crippen molar-refractivity contribution in [2.45, 2.75) is 11.8 Å². The van der Waals surface area contributed by atoms with Gasteiger partial charge in [0, 0.05) is 40.0 Å². The van der Waals surface area contributed by atoms with Gasteiger partial charge in [-0.2, -0.15) is 0 Å². The zero-order chi connectivity index (χ0) is 21.2. The molecule has 1 amide bonds. The van der Waals surface area contributed by atoms with E-state index in [1.807, 2.05) is 0 Å². The van der Waals surface area contributed by atoms with Gasteiger partial charge in [0.25, 0.3) is 10.0 Å². The zero-order valence-electron chi connectivity index (χ0n) is 14.9. The monoisotopic (exact) mass is 469 g/mol. The van der Waals surface area contributed by atoms with Crippen molar-refractivity contribution in [3.05, 3.63) is 69.8 Å². The molecule has 1 aromatic heterocycles. The van der Waals surface area contributed by atoms with E-state index in [1.54, 1.807) is 24.3 Å². The Balaban J connectivity index is 1.83. The normalized spacial score (nSPS) is 11.2. The third-order valence-electron chi connectivity index (χ3n) is 3.79. The van der Waals surface area contributed by atoms with Crippen molar-refractivity contribution >= 4 is 62.2 Å². The first-order valence-electron chi connectivity index (χ1n) is 8.17. The van der Waals surface area contributed by atoms with Crippen LogP contribution in [0.2, 0.25) is 15.1 Å². The number of aromatic nitrogens is 1. The molecule has 0 radical (unpaired) electrons. The molecule has 150 valence electrons. The van der Waals surface area contributed by atoms with Crippen LogP contribution >= 0.6 is 34.8 Å². The second-order valence-corrected chi connectivity index (χ2v) is 8.89. The Hall–Kier alpha value is -2.32. The van der Waals surface area contributed by atoms with Gasteiger partial charge in [-0.1, -0.05) is 40.9 Å². The molecule has 0 bridgehead atoms. The summed E-state index contributed by atoms with van der Waals surface area (Å²) >= 11 is 18.2. The molecule has 1 heterocycles. The van der Waals surface area contributed by atoms with Gasteiger partial charge in [-0.3, -0.25) is 9.52 Å². The van der Waals surface area contributed by atoms with Gasteiger partial charge in [0.1, 0.15) is 10.7 Å². The van der Waals surface area contributed by atoms with E-state index in [-0.39, 0.29) is 21.6 Å². The highest BCUT2D eigenvalue weighted by Crippen LogP contribution is 2.31. The number of hydrogen-bond donors (Lipinski definition) is 2. The number of sulfonamides is 1. The lowest BCUT2D eigenvalue weighted by molar-refractivity contribution is -0.114. The van der Waals surface area contributed by atoms with Crippen LogP contribution in [0.4, 0.5) is 11.5 Å². The summed E-state index contributed by atoms with van der Waals surface area (Å²) in [5.74, 6) is -0.180. The van der Waals surface area contributed by atoms with Crippen molar-refractivity contribution in [2.24, 2.45) is 0 Å². The molecule has 3 aromatic rings. The first-order chi connectivity index (χ1) is 13.7. The number of carbonyl (C=O) groups is 1. The molecule has 29 heavy (non-hydrogen) atoms. The molecular formula is C19H14Cl3N3O3S. The molecule has 0 atom stereocenters. The van der Waals surface area contributed by atoms with Crippen LogP contribution < -0.4 is 10.0 Å². The van der Waals surface area contributed by atoms with Gasteiger partial charge in [-0.05, 0) is 42.5 Å². The molecule has 6 nitrogen and oxygen atoms in total. The van der Waals surface area contributed by atoms with E-state index in [0.717, 1.165) is 5.56 Å². The van der Waals surface area contributed by atoms with Crippen LogP contribution in [0.25, 0.3) is 11.1 Å². The SMILES string of the molecule is CC(=O)Nc1ccc(S(=O)(=O)Nc2ccc(-c3ccc(Cl)cc3Cl)cn2)c(Cl)c1. The molecule has 2 aromatic carbocycles. The number of amides is 1. The number of pyridine rings is 1. The summed E-state index contributed by atoms with van der Waals surface area (Å²) in [6.07, 6.45) is 1.49. The Morgan fingerprint density at radius 3 is 2.31 bits per heavy atom. The molecule has 0 saturated carbocycles. The van der Waals surface area contributed by atoms with Crippen molar-refractivity contribution in [3.8, 4) is 11.1 Å². The summed E-state index contributed by atoms with van der Waals surface area (Å²) in [7, 11) is -3.98. The highest BCUT2D eigenvalue weighted by Gasteiger charge is 2.19. The molecule has 0 saturated heterocycles. The molecule has 0 aliphatic rings. The van der Waals surface area contributed by atoms with E-state index in [0.29, 0.717) is 21.3 Å². The third kappa shape index (κ3) is 5.19.